The number of hydrogen-bond acceptors (Lipinski definition) is 6. The second-order valence-electron chi connectivity index (χ2n) is 10.2. The highest BCUT2D eigenvalue weighted by atomic mass is 35.5. The van der Waals surface area contributed by atoms with Crippen molar-refractivity contribution in [3.8, 4) is 5.75 Å². The molecule has 1 aromatic carbocycles. The summed E-state index contributed by atoms with van der Waals surface area (Å²) >= 11 is 6.58. The molecule has 5 atom stereocenters. The Morgan fingerprint density at radius 2 is 2.06 bits per heavy atom. The highest BCUT2D eigenvalue weighted by molar-refractivity contribution is 6.35. The maximum atomic E-state index is 13.1. The predicted octanol–water partition coefficient (Wildman–Crippen LogP) is 3.99. The molecule has 2 bridgehead atoms. The summed E-state index contributed by atoms with van der Waals surface area (Å²) in [6.45, 7) is 5.91. The first kappa shape index (κ1) is 27.7. The highest BCUT2D eigenvalue weighted by Crippen LogP contribution is 2.46. The molecule has 3 N–H and O–H groups in total. The van der Waals surface area contributed by atoms with Crippen LogP contribution in [0.25, 0.3) is 0 Å². The van der Waals surface area contributed by atoms with Crippen LogP contribution in [0.4, 0.5) is 5.69 Å². The van der Waals surface area contributed by atoms with E-state index in [2.05, 4.69) is 5.32 Å². The SMILES string of the molecule is CN[C@@]1(O)C/C=C/C=C(\C)Cc2cc(OC)c(Cl)c(c2)N(C)C(=O)CC[C@]2(C)O[C@@H]2[C@H](C)C(O)C1. The number of epoxide rings is 1. The van der Waals surface area contributed by atoms with Crippen LogP contribution in [-0.2, 0) is 16.0 Å². The maximum absolute atomic E-state index is 13.1. The molecule has 0 radical (unpaired) electrons. The number of benzene rings is 1. The summed E-state index contributed by atoms with van der Waals surface area (Å²) in [6, 6.07) is 3.81. The van der Waals surface area contributed by atoms with E-state index in [-0.39, 0.29) is 30.8 Å². The number of halogens is 1. The topological polar surface area (TPSA) is 94.6 Å². The number of anilines is 1. The zero-order valence-corrected chi connectivity index (χ0v) is 22.4. The average molecular weight is 507 g/mol. The number of hydrogen-bond donors (Lipinski definition) is 3. The van der Waals surface area contributed by atoms with Crippen LogP contribution >= 0.6 is 11.6 Å². The fourth-order valence-corrected chi connectivity index (χ4v) is 5.12. The minimum Gasteiger partial charge on any atom is -0.495 e. The quantitative estimate of drug-likeness (QED) is 0.414. The summed E-state index contributed by atoms with van der Waals surface area (Å²) in [4.78, 5) is 14.7. The normalized spacial score (nSPS) is 35.1. The molecule has 2 aliphatic heterocycles. The predicted molar refractivity (Wildman–Crippen MR) is 139 cm³/mol. The lowest BCUT2D eigenvalue weighted by Gasteiger charge is -2.31. The molecule has 1 unspecified atom stereocenters. The highest BCUT2D eigenvalue weighted by Gasteiger charge is 2.56. The number of aliphatic hydroxyl groups excluding tert-OH is 1. The minimum atomic E-state index is -1.24. The van der Waals surface area contributed by atoms with Gasteiger partial charge < -0.3 is 24.6 Å². The average Bonchev–Trinajstić information content (AvgIpc) is 3.51. The van der Waals surface area contributed by atoms with Crippen LogP contribution in [0, 0.1) is 5.92 Å². The number of fused-ring (bicyclic) bond motifs is 3. The molecule has 1 saturated heterocycles. The van der Waals surface area contributed by atoms with Gasteiger partial charge in [0.05, 0.1) is 30.6 Å². The van der Waals surface area contributed by atoms with Gasteiger partial charge in [-0.05, 0) is 51.4 Å². The van der Waals surface area contributed by atoms with E-state index in [0.29, 0.717) is 35.7 Å². The van der Waals surface area contributed by atoms with E-state index in [0.717, 1.165) is 11.1 Å². The molecule has 2 aliphatic rings. The molecule has 0 aliphatic carbocycles. The van der Waals surface area contributed by atoms with Gasteiger partial charge in [-0.25, -0.2) is 0 Å². The molecule has 2 heterocycles. The molecular formula is C27H39ClN2O5. The van der Waals surface area contributed by atoms with Gasteiger partial charge in [-0.1, -0.05) is 42.3 Å². The van der Waals surface area contributed by atoms with Gasteiger partial charge >= 0.3 is 0 Å². The Morgan fingerprint density at radius 1 is 1.34 bits per heavy atom. The van der Waals surface area contributed by atoms with Crippen molar-refractivity contribution in [1.29, 1.82) is 0 Å². The van der Waals surface area contributed by atoms with Crippen molar-refractivity contribution in [3.05, 3.63) is 46.5 Å². The van der Waals surface area contributed by atoms with Crippen molar-refractivity contribution in [3.63, 3.8) is 0 Å². The molecule has 1 aromatic rings. The van der Waals surface area contributed by atoms with Crippen LogP contribution in [0.1, 0.15) is 52.0 Å². The summed E-state index contributed by atoms with van der Waals surface area (Å²) in [7, 11) is 4.97. The fourth-order valence-electron chi connectivity index (χ4n) is 4.81. The molecule has 3 rings (SSSR count). The summed E-state index contributed by atoms with van der Waals surface area (Å²) in [5, 5.41) is 25.2. The van der Waals surface area contributed by atoms with E-state index < -0.39 is 17.4 Å². The van der Waals surface area contributed by atoms with Crippen LogP contribution in [0.3, 0.4) is 0 Å². The second-order valence-corrected chi connectivity index (χ2v) is 10.5. The lowest BCUT2D eigenvalue weighted by Crippen LogP contribution is -2.47. The van der Waals surface area contributed by atoms with Crippen LogP contribution in [0.2, 0.25) is 5.02 Å². The van der Waals surface area contributed by atoms with Crippen LogP contribution in [-0.4, -0.2) is 60.9 Å². The van der Waals surface area contributed by atoms with Gasteiger partial charge in [0.1, 0.15) is 16.5 Å². The fraction of sp³-hybridized carbons (Fsp3) is 0.593. The van der Waals surface area contributed by atoms with E-state index >= 15 is 0 Å². The molecular weight excluding hydrogens is 468 g/mol. The van der Waals surface area contributed by atoms with Crippen molar-refractivity contribution in [2.45, 2.75) is 76.4 Å². The van der Waals surface area contributed by atoms with E-state index in [9.17, 15) is 15.0 Å². The van der Waals surface area contributed by atoms with Crippen molar-refractivity contribution >= 4 is 23.2 Å². The van der Waals surface area contributed by atoms with Crippen LogP contribution in [0.5, 0.6) is 5.75 Å². The molecule has 7 nitrogen and oxygen atoms in total. The van der Waals surface area contributed by atoms with Crippen molar-refractivity contribution in [2.75, 3.05) is 26.1 Å². The van der Waals surface area contributed by atoms with Crippen molar-refractivity contribution in [2.24, 2.45) is 5.92 Å². The summed E-state index contributed by atoms with van der Waals surface area (Å²) in [5.74, 6) is 0.247. The Labute approximate surface area is 213 Å². The molecule has 1 amide bonds. The number of allylic oxidation sites excluding steroid dienone is 3. The number of carbonyl (C=O) groups is 1. The zero-order chi connectivity index (χ0) is 26.0. The van der Waals surface area contributed by atoms with Gasteiger partial charge in [0, 0.05) is 32.2 Å². The van der Waals surface area contributed by atoms with Gasteiger partial charge in [0.15, 0.2) is 0 Å². The van der Waals surface area contributed by atoms with Gasteiger partial charge in [-0.3, -0.25) is 10.1 Å². The number of rotatable bonds is 2. The Bertz CT molecular complexity index is 996. The third kappa shape index (κ3) is 6.46. The van der Waals surface area contributed by atoms with Gasteiger partial charge in [0.2, 0.25) is 5.91 Å². The first-order valence-corrected chi connectivity index (χ1v) is 12.5. The Balaban J connectivity index is 1.95. The standard InChI is InChI=1S/C27H39ClN2O5/c1-17-9-7-8-11-27(33,29-4)16-21(31)18(2)25-26(3,35-25)12-10-23(32)30(5)20-14-19(13-17)15-22(34-6)24(20)28/h7-9,14-15,18,21,25,29,31,33H,10-13,16H2,1-6H3/b8-7+,17-9+/t18-,21?,25-,26+,27-/m1/s1. The molecule has 35 heavy (non-hydrogen) atoms. The van der Waals surface area contributed by atoms with Gasteiger partial charge in [-0.2, -0.15) is 0 Å². The zero-order valence-electron chi connectivity index (χ0n) is 21.6. The van der Waals surface area contributed by atoms with E-state index in [1.807, 2.05) is 51.1 Å². The molecule has 0 aromatic heterocycles. The molecule has 194 valence electrons. The largest absolute Gasteiger partial charge is 0.495 e. The number of carbonyl (C=O) groups excluding carboxylic acids is 1. The summed E-state index contributed by atoms with van der Waals surface area (Å²) in [5.41, 5.74) is 0.935. The number of methoxy groups -OCH3 is 1. The van der Waals surface area contributed by atoms with Crippen LogP contribution in [0.15, 0.2) is 35.9 Å². The number of nitrogens with zero attached hydrogens (tertiary/aromatic N) is 1. The third-order valence-corrected chi connectivity index (χ3v) is 7.74. The molecule has 0 saturated carbocycles. The van der Waals surface area contributed by atoms with Gasteiger partial charge in [0.25, 0.3) is 0 Å². The van der Waals surface area contributed by atoms with Crippen molar-refractivity contribution < 1.29 is 24.5 Å². The van der Waals surface area contributed by atoms with E-state index in [4.69, 9.17) is 21.1 Å². The lowest BCUT2D eigenvalue weighted by atomic mass is 9.86. The first-order chi connectivity index (χ1) is 16.4. The van der Waals surface area contributed by atoms with E-state index in [1.54, 1.807) is 26.1 Å². The van der Waals surface area contributed by atoms with Crippen molar-refractivity contribution in [1.82, 2.24) is 5.32 Å². The number of nitrogens with one attached hydrogen (secondary N) is 1. The second kappa shape index (κ2) is 11.0. The Hall–Kier alpha value is -1.90. The molecule has 8 heteroatoms. The Morgan fingerprint density at radius 3 is 2.71 bits per heavy atom. The summed E-state index contributed by atoms with van der Waals surface area (Å²) in [6.07, 6.45) is 6.79. The molecule has 0 spiro atoms. The van der Waals surface area contributed by atoms with E-state index in [1.165, 1.54) is 0 Å². The third-order valence-electron chi connectivity index (χ3n) is 7.36. The number of amides is 1. The minimum absolute atomic E-state index is 0.0764. The number of aliphatic hydroxyl groups is 2. The van der Waals surface area contributed by atoms with Gasteiger partial charge in [-0.15, -0.1) is 0 Å². The lowest BCUT2D eigenvalue weighted by molar-refractivity contribution is -0.118. The smallest absolute Gasteiger partial charge is 0.226 e. The maximum Gasteiger partial charge on any atom is 0.226 e. The number of ether oxygens (including phenoxy) is 2. The monoisotopic (exact) mass is 506 g/mol. The summed E-state index contributed by atoms with van der Waals surface area (Å²) < 4.78 is 11.5. The Kier molecular flexibility index (Phi) is 8.71. The van der Waals surface area contributed by atoms with Crippen LogP contribution < -0.4 is 15.0 Å². The molecule has 1 fully saturated rings. The first-order valence-electron chi connectivity index (χ1n) is 12.2.